The molecular weight excluding hydrogens is 336 g/mol. The Morgan fingerprint density at radius 1 is 1.29 bits per heavy atom. The molecule has 0 saturated carbocycles. The molecule has 1 amide bonds. The Bertz CT molecular complexity index is 494. The van der Waals surface area contributed by atoms with Gasteiger partial charge in [0, 0.05) is 24.6 Å². The fraction of sp³-hybridized carbons (Fsp3) is 0.467. The van der Waals surface area contributed by atoms with Crippen molar-refractivity contribution in [2.45, 2.75) is 19.9 Å². The molecule has 1 aromatic rings. The van der Waals surface area contributed by atoms with Crippen molar-refractivity contribution in [3.8, 4) is 0 Å². The molecule has 0 aromatic heterocycles. The fourth-order valence-electron chi connectivity index (χ4n) is 1.89. The maximum Gasteiger partial charge on any atom is 0.304 e. The van der Waals surface area contributed by atoms with E-state index in [0.29, 0.717) is 19.6 Å². The third-order valence-corrected chi connectivity index (χ3v) is 4.01. The van der Waals surface area contributed by atoms with Gasteiger partial charge in [-0.15, -0.1) is 0 Å². The van der Waals surface area contributed by atoms with Crippen LogP contribution in [0.25, 0.3) is 0 Å². The lowest BCUT2D eigenvalue weighted by atomic mass is 10.2. The summed E-state index contributed by atoms with van der Waals surface area (Å²) in [6, 6.07) is 7.78. The van der Waals surface area contributed by atoms with Crippen molar-refractivity contribution in [1.82, 2.24) is 9.80 Å². The number of benzene rings is 1. The van der Waals surface area contributed by atoms with E-state index in [2.05, 4.69) is 15.9 Å². The van der Waals surface area contributed by atoms with Crippen LogP contribution in [0.3, 0.4) is 0 Å². The Morgan fingerprint density at radius 2 is 1.95 bits per heavy atom. The van der Waals surface area contributed by atoms with E-state index in [1.807, 2.05) is 36.1 Å². The van der Waals surface area contributed by atoms with Crippen molar-refractivity contribution in [3.63, 3.8) is 0 Å². The van der Waals surface area contributed by atoms with E-state index in [-0.39, 0.29) is 18.9 Å². The molecule has 0 aliphatic rings. The molecule has 0 heterocycles. The van der Waals surface area contributed by atoms with Gasteiger partial charge in [0.25, 0.3) is 0 Å². The highest BCUT2D eigenvalue weighted by Gasteiger charge is 2.15. The van der Waals surface area contributed by atoms with Gasteiger partial charge < -0.3 is 10.0 Å². The molecule has 0 unspecified atom stereocenters. The van der Waals surface area contributed by atoms with E-state index >= 15 is 0 Å². The minimum Gasteiger partial charge on any atom is -0.481 e. The molecule has 0 fully saturated rings. The van der Waals surface area contributed by atoms with Crippen LogP contribution in [0.5, 0.6) is 0 Å². The van der Waals surface area contributed by atoms with Crippen molar-refractivity contribution in [3.05, 3.63) is 34.3 Å². The first-order valence-corrected chi connectivity index (χ1v) is 7.64. The summed E-state index contributed by atoms with van der Waals surface area (Å²) in [5.74, 6) is -0.861. The molecule has 0 saturated heterocycles. The third kappa shape index (κ3) is 6.27. The van der Waals surface area contributed by atoms with Crippen molar-refractivity contribution < 1.29 is 14.7 Å². The molecular formula is C15H21BrN2O3. The number of carbonyl (C=O) groups is 2. The molecule has 0 atom stereocenters. The predicted octanol–water partition coefficient (Wildman–Crippen LogP) is 2.20. The molecule has 6 heteroatoms. The Morgan fingerprint density at radius 3 is 2.52 bits per heavy atom. The molecule has 0 radical (unpaired) electrons. The molecule has 5 nitrogen and oxygen atoms in total. The smallest absolute Gasteiger partial charge is 0.304 e. The summed E-state index contributed by atoms with van der Waals surface area (Å²) >= 11 is 3.47. The van der Waals surface area contributed by atoms with Crippen LogP contribution in [0.4, 0.5) is 0 Å². The van der Waals surface area contributed by atoms with Crippen LogP contribution < -0.4 is 0 Å². The molecule has 0 aliphatic carbocycles. The summed E-state index contributed by atoms with van der Waals surface area (Å²) in [7, 11) is 1.76. The first kappa shape index (κ1) is 17.7. The van der Waals surface area contributed by atoms with Gasteiger partial charge in [-0.25, -0.2) is 0 Å². The number of hydrogen-bond donors (Lipinski definition) is 1. The molecule has 0 aliphatic heterocycles. The summed E-state index contributed by atoms with van der Waals surface area (Å²) in [5.41, 5.74) is 1.04. The van der Waals surface area contributed by atoms with Crippen LogP contribution >= 0.6 is 15.9 Å². The fourth-order valence-corrected chi connectivity index (χ4v) is 2.30. The highest BCUT2D eigenvalue weighted by molar-refractivity contribution is 9.10. The van der Waals surface area contributed by atoms with Gasteiger partial charge in [0.05, 0.1) is 13.0 Å². The zero-order chi connectivity index (χ0) is 15.8. The summed E-state index contributed by atoms with van der Waals surface area (Å²) < 4.78 is 0.975. The normalized spacial score (nSPS) is 10.7. The second-order valence-corrected chi connectivity index (χ2v) is 5.71. The summed E-state index contributed by atoms with van der Waals surface area (Å²) in [5, 5.41) is 8.70. The molecule has 0 spiro atoms. The van der Waals surface area contributed by atoms with Gasteiger partial charge in [-0.2, -0.15) is 0 Å². The monoisotopic (exact) mass is 356 g/mol. The van der Waals surface area contributed by atoms with Gasteiger partial charge in [-0.05, 0) is 18.2 Å². The zero-order valence-corrected chi connectivity index (χ0v) is 14.0. The van der Waals surface area contributed by atoms with Crippen LogP contribution in [-0.4, -0.2) is 53.5 Å². The standard InChI is InChI=1S/C15H21BrN2O3/c1-3-18(9-8-15(20)21)11-14(19)17(2)10-12-6-4-5-7-13(12)16/h4-7H,3,8-11H2,1-2H3,(H,20,21). The summed E-state index contributed by atoms with van der Waals surface area (Å²) in [6.45, 7) is 3.73. The number of hydrogen-bond acceptors (Lipinski definition) is 3. The minimum absolute atomic E-state index is 0.0157. The maximum atomic E-state index is 12.2. The number of halogens is 1. The van der Waals surface area contributed by atoms with E-state index in [0.717, 1.165) is 10.0 Å². The second kappa shape index (κ2) is 8.79. The second-order valence-electron chi connectivity index (χ2n) is 4.85. The van der Waals surface area contributed by atoms with E-state index < -0.39 is 5.97 Å². The van der Waals surface area contributed by atoms with Gasteiger partial charge in [-0.3, -0.25) is 14.5 Å². The van der Waals surface area contributed by atoms with Crippen molar-refractivity contribution in [2.24, 2.45) is 0 Å². The number of rotatable bonds is 8. The molecule has 116 valence electrons. The zero-order valence-electron chi connectivity index (χ0n) is 12.4. The number of carboxylic acid groups (broad SMARTS) is 1. The highest BCUT2D eigenvalue weighted by Crippen LogP contribution is 2.17. The molecule has 21 heavy (non-hydrogen) atoms. The van der Waals surface area contributed by atoms with Crippen LogP contribution in [-0.2, 0) is 16.1 Å². The minimum atomic E-state index is -0.845. The van der Waals surface area contributed by atoms with Gasteiger partial charge >= 0.3 is 5.97 Å². The quantitative estimate of drug-likeness (QED) is 0.775. The Labute approximate surface area is 133 Å². The SMILES string of the molecule is CCN(CCC(=O)O)CC(=O)N(C)Cc1ccccc1Br. The van der Waals surface area contributed by atoms with Gasteiger partial charge in [0.15, 0.2) is 0 Å². The number of amides is 1. The number of likely N-dealkylation sites (N-methyl/N-ethyl adjacent to an activating group) is 2. The van der Waals surface area contributed by atoms with Gasteiger partial charge in [0.1, 0.15) is 0 Å². The van der Waals surface area contributed by atoms with E-state index in [9.17, 15) is 9.59 Å². The lowest BCUT2D eigenvalue weighted by molar-refractivity contribution is -0.138. The number of aliphatic carboxylic acids is 1. The molecule has 1 rings (SSSR count). The van der Waals surface area contributed by atoms with Crippen LogP contribution in [0.2, 0.25) is 0 Å². The van der Waals surface area contributed by atoms with E-state index in [4.69, 9.17) is 5.11 Å². The highest BCUT2D eigenvalue weighted by atomic mass is 79.9. The van der Waals surface area contributed by atoms with Crippen molar-refractivity contribution in [1.29, 1.82) is 0 Å². The summed E-state index contributed by atoms with van der Waals surface area (Å²) in [4.78, 5) is 26.3. The third-order valence-electron chi connectivity index (χ3n) is 3.24. The Kier molecular flexibility index (Phi) is 7.39. The lowest BCUT2D eigenvalue weighted by Gasteiger charge is -2.24. The number of carbonyl (C=O) groups excluding carboxylic acids is 1. The van der Waals surface area contributed by atoms with Crippen molar-refractivity contribution >= 4 is 27.8 Å². The predicted molar refractivity (Wildman–Crippen MR) is 85.0 cm³/mol. The topological polar surface area (TPSA) is 60.9 Å². The Hall–Kier alpha value is -1.40. The van der Waals surface area contributed by atoms with E-state index in [1.54, 1.807) is 11.9 Å². The Balaban J connectivity index is 2.53. The first-order valence-electron chi connectivity index (χ1n) is 6.85. The lowest BCUT2D eigenvalue weighted by Crippen LogP contribution is -2.39. The average Bonchev–Trinajstić information content (AvgIpc) is 2.45. The van der Waals surface area contributed by atoms with E-state index in [1.165, 1.54) is 0 Å². The summed E-state index contributed by atoms with van der Waals surface area (Å²) in [6.07, 6.45) is 0.0507. The maximum absolute atomic E-state index is 12.2. The van der Waals surface area contributed by atoms with Crippen molar-refractivity contribution in [2.75, 3.05) is 26.7 Å². The van der Waals surface area contributed by atoms with Crippen LogP contribution in [0, 0.1) is 0 Å². The van der Waals surface area contributed by atoms with Crippen LogP contribution in [0.15, 0.2) is 28.7 Å². The number of nitrogens with zero attached hydrogens (tertiary/aromatic N) is 2. The molecule has 1 aromatic carbocycles. The van der Waals surface area contributed by atoms with Gasteiger partial charge in [0.2, 0.25) is 5.91 Å². The average molecular weight is 357 g/mol. The molecule has 1 N–H and O–H groups in total. The largest absolute Gasteiger partial charge is 0.481 e. The molecule has 0 bridgehead atoms. The first-order chi connectivity index (χ1) is 9.93. The van der Waals surface area contributed by atoms with Gasteiger partial charge in [-0.1, -0.05) is 41.1 Å². The van der Waals surface area contributed by atoms with Crippen LogP contribution in [0.1, 0.15) is 18.9 Å². The number of carboxylic acids is 1.